The Labute approximate surface area is 241 Å². The van der Waals surface area contributed by atoms with Gasteiger partial charge in [0.15, 0.2) is 0 Å². The van der Waals surface area contributed by atoms with E-state index in [0.717, 1.165) is 11.8 Å². The van der Waals surface area contributed by atoms with E-state index in [2.05, 4.69) is 4.90 Å². The van der Waals surface area contributed by atoms with Crippen molar-refractivity contribution in [1.29, 1.82) is 5.26 Å². The normalized spacial score (nSPS) is 16.6. The van der Waals surface area contributed by atoms with Gasteiger partial charge in [-0.2, -0.15) is 5.26 Å². The van der Waals surface area contributed by atoms with Crippen LogP contribution in [0.4, 0.5) is 15.9 Å². The lowest BCUT2D eigenvalue weighted by Crippen LogP contribution is -2.49. The van der Waals surface area contributed by atoms with Crippen molar-refractivity contribution in [1.82, 2.24) is 9.47 Å². The highest BCUT2D eigenvalue weighted by atomic mass is 32.2. The van der Waals surface area contributed by atoms with Crippen molar-refractivity contribution in [2.75, 3.05) is 42.5 Å². The second kappa shape index (κ2) is 12.7. The first-order valence-corrected chi connectivity index (χ1v) is 14.3. The minimum Gasteiger partial charge on any atom is -0.481 e. The molecule has 0 spiro atoms. The lowest BCUT2D eigenvalue weighted by atomic mass is 10.0. The summed E-state index contributed by atoms with van der Waals surface area (Å²) < 4.78 is 16.4. The zero-order chi connectivity index (χ0) is 29.0. The number of carboxylic acids is 1. The zero-order valence-corrected chi connectivity index (χ0v) is 24.0. The van der Waals surface area contributed by atoms with E-state index in [9.17, 15) is 24.0 Å². The molecule has 0 atom stereocenters. The molecule has 1 amide bonds. The highest BCUT2D eigenvalue weighted by Crippen LogP contribution is 2.36. The van der Waals surface area contributed by atoms with Crippen molar-refractivity contribution in [3.8, 4) is 6.07 Å². The van der Waals surface area contributed by atoms with Crippen LogP contribution in [0, 0.1) is 24.1 Å². The number of para-hydroxylation sites is 1. The molecule has 0 saturated carbocycles. The first-order valence-electron chi connectivity index (χ1n) is 13.1. The molecule has 3 heterocycles. The number of benzene rings is 1. The number of nitriles is 1. The van der Waals surface area contributed by atoms with Crippen molar-refractivity contribution in [3.05, 3.63) is 62.0 Å². The minimum atomic E-state index is -0.946. The van der Waals surface area contributed by atoms with E-state index in [4.69, 9.17) is 17.3 Å². The summed E-state index contributed by atoms with van der Waals surface area (Å²) in [6, 6.07) is 8.67. The molecule has 2 saturated heterocycles. The number of nitrogens with zero attached hydrogens (tertiary/aromatic N) is 5. The number of thioether (sulfide) groups is 1. The maximum Gasteiger partial charge on any atom is 0.303 e. The van der Waals surface area contributed by atoms with Gasteiger partial charge in [-0.05, 0) is 43.5 Å². The third-order valence-electron chi connectivity index (χ3n) is 6.99. The van der Waals surface area contributed by atoms with Crippen LogP contribution in [0.1, 0.15) is 42.9 Å². The van der Waals surface area contributed by atoms with Gasteiger partial charge >= 0.3 is 5.97 Å². The summed E-state index contributed by atoms with van der Waals surface area (Å²) in [5.74, 6) is -0.952. The van der Waals surface area contributed by atoms with Gasteiger partial charge in [-0.15, -0.1) is 0 Å². The van der Waals surface area contributed by atoms with Crippen molar-refractivity contribution >= 4 is 57.8 Å². The fraction of sp³-hybridized carbons (Fsp3) is 0.393. The minimum absolute atomic E-state index is 0.0189. The predicted molar refractivity (Wildman–Crippen MR) is 158 cm³/mol. The standard InChI is InChI=1S/C28H30FN5O4S2/c1-3-10-33-25(32-14-12-31(13-15-32)22-8-5-4-7-21(22)29)19(18(2)20(17-30)26(33)37)16-23-27(38)34(28(39)40-23)11-6-9-24(35)36/h4-5,7-8,16H,3,6,9-15H2,1-2H3,(H,35,36)/b23-16+. The van der Waals surface area contributed by atoms with Crippen LogP contribution in [0.5, 0.6) is 0 Å². The van der Waals surface area contributed by atoms with Crippen LogP contribution in [0.2, 0.25) is 0 Å². The van der Waals surface area contributed by atoms with E-state index in [-0.39, 0.29) is 42.2 Å². The Morgan fingerprint density at radius 1 is 1.18 bits per heavy atom. The number of rotatable bonds is 9. The van der Waals surface area contributed by atoms with Crippen LogP contribution < -0.4 is 15.4 Å². The van der Waals surface area contributed by atoms with Gasteiger partial charge in [-0.3, -0.25) is 23.9 Å². The van der Waals surface area contributed by atoms with Crippen molar-refractivity contribution in [3.63, 3.8) is 0 Å². The summed E-state index contributed by atoms with van der Waals surface area (Å²) in [6.07, 6.45) is 2.54. The summed E-state index contributed by atoms with van der Waals surface area (Å²) in [4.78, 5) is 43.4. The summed E-state index contributed by atoms with van der Waals surface area (Å²) in [5, 5.41) is 18.8. The Bertz CT molecular complexity index is 1470. The molecule has 2 aliphatic heterocycles. The van der Waals surface area contributed by atoms with E-state index in [0.29, 0.717) is 71.0 Å². The number of carbonyl (C=O) groups is 2. The van der Waals surface area contributed by atoms with Gasteiger partial charge in [-0.1, -0.05) is 43.0 Å². The third-order valence-corrected chi connectivity index (χ3v) is 8.37. The Morgan fingerprint density at radius 3 is 2.48 bits per heavy atom. The fourth-order valence-corrected chi connectivity index (χ4v) is 6.29. The Balaban J connectivity index is 1.74. The molecule has 0 aliphatic carbocycles. The summed E-state index contributed by atoms with van der Waals surface area (Å²) in [7, 11) is 0. The van der Waals surface area contributed by atoms with E-state index < -0.39 is 5.97 Å². The van der Waals surface area contributed by atoms with Crippen LogP contribution >= 0.6 is 24.0 Å². The first-order chi connectivity index (χ1) is 19.2. The highest BCUT2D eigenvalue weighted by Gasteiger charge is 2.33. The van der Waals surface area contributed by atoms with Gasteiger partial charge in [0.1, 0.15) is 27.6 Å². The lowest BCUT2D eigenvalue weighted by molar-refractivity contribution is -0.137. The molecule has 1 aromatic carbocycles. The van der Waals surface area contributed by atoms with E-state index >= 15 is 0 Å². The number of hydrogen-bond donors (Lipinski definition) is 1. The Hall–Kier alpha value is -3.69. The molecular weight excluding hydrogens is 553 g/mol. The predicted octanol–water partition coefficient (Wildman–Crippen LogP) is 3.97. The second-order valence-electron chi connectivity index (χ2n) is 9.56. The average molecular weight is 584 g/mol. The number of piperazine rings is 1. The number of thiocarbonyl (C=S) groups is 1. The lowest BCUT2D eigenvalue weighted by Gasteiger charge is -2.39. The van der Waals surface area contributed by atoms with Gasteiger partial charge in [-0.25, -0.2) is 4.39 Å². The average Bonchev–Trinajstić information content (AvgIpc) is 3.19. The first kappa shape index (κ1) is 29.3. The SMILES string of the molecule is CCCn1c(N2CCN(c3ccccc3F)CC2)c(/C=C2/SC(=S)N(CCCC(=O)O)C2=O)c(C)c(C#N)c1=O. The van der Waals surface area contributed by atoms with Crippen LogP contribution in [-0.4, -0.2) is 63.5 Å². The zero-order valence-electron chi connectivity index (χ0n) is 22.4. The van der Waals surface area contributed by atoms with Gasteiger partial charge in [0, 0.05) is 51.3 Å². The molecule has 2 aromatic rings. The molecule has 1 N–H and O–H groups in total. The van der Waals surface area contributed by atoms with Gasteiger partial charge in [0.05, 0.1) is 10.6 Å². The van der Waals surface area contributed by atoms with E-state index in [1.165, 1.54) is 11.0 Å². The monoisotopic (exact) mass is 583 g/mol. The molecule has 0 bridgehead atoms. The Kier molecular flexibility index (Phi) is 9.27. The van der Waals surface area contributed by atoms with Gasteiger partial charge in [0.2, 0.25) is 0 Å². The number of aliphatic carboxylic acids is 1. The molecule has 12 heteroatoms. The van der Waals surface area contributed by atoms with Gasteiger partial charge < -0.3 is 14.9 Å². The molecule has 4 rings (SSSR count). The highest BCUT2D eigenvalue weighted by molar-refractivity contribution is 8.26. The molecular formula is C28H30FN5O4S2. The maximum atomic E-state index is 14.4. The molecule has 40 heavy (non-hydrogen) atoms. The molecule has 210 valence electrons. The van der Waals surface area contributed by atoms with Crippen molar-refractivity contribution in [2.24, 2.45) is 0 Å². The number of carbonyl (C=O) groups excluding carboxylic acids is 1. The maximum absolute atomic E-state index is 14.4. The van der Waals surface area contributed by atoms with Gasteiger partial charge in [0.25, 0.3) is 11.5 Å². The molecule has 2 fully saturated rings. The number of aromatic nitrogens is 1. The number of halogens is 1. The number of carboxylic acid groups (broad SMARTS) is 1. The van der Waals surface area contributed by atoms with E-state index in [1.54, 1.807) is 35.8 Å². The second-order valence-corrected chi connectivity index (χ2v) is 11.2. The molecule has 9 nitrogen and oxygen atoms in total. The number of pyridine rings is 1. The smallest absolute Gasteiger partial charge is 0.303 e. The summed E-state index contributed by atoms with van der Waals surface area (Å²) in [6.45, 7) is 6.26. The van der Waals surface area contributed by atoms with Crippen molar-refractivity contribution < 1.29 is 19.1 Å². The fourth-order valence-electron chi connectivity index (χ4n) is 5.00. The summed E-state index contributed by atoms with van der Waals surface area (Å²) >= 11 is 6.53. The van der Waals surface area contributed by atoms with Crippen LogP contribution in [0.15, 0.2) is 34.0 Å². The molecule has 1 aromatic heterocycles. The van der Waals surface area contributed by atoms with Crippen LogP contribution in [0.25, 0.3) is 6.08 Å². The third kappa shape index (κ3) is 5.90. The quantitative estimate of drug-likeness (QED) is 0.346. The molecule has 0 unspecified atom stereocenters. The topological polar surface area (TPSA) is 110 Å². The number of hydrogen-bond acceptors (Lipinski definition) is 8. The van der Waals surface area contributed by atoms with Crippen LogP contribution in [0.3, 0.4) is 0 Å². The summed E-state index contributed by atoms with van der Waals surface area (Å²) in [5.41, 5.74) is 1.23. The van der Waals surface area contributed by atoms with Crippen molar-refractivity contribution in [2.45, 2.75) is 39.7 Å². The molecule has 0 radical (unpaired) electrons. The Morgan fingerprint density at radius 2 is 1.85 bits per heavy atom. The number of anilines is 2. The van der Waals surface area contributed by atoms with Crippen LogP contribution in [-0.2, 0) is 16.1 Å². The largest absolute Gasteiger partial charge is 0.481 e. The van der Waals surface area contributed by atoms with E-state index in [1.807, 2.05) is 17.9 Å². The number of amides is 1. The molecule has 2 aliphatic rings.